The number of aromatic nitrogens is 3. The van der Waals surface area contributed by atoms with Crippen molar-refractivity contribution < 1.29 is 37.3 Å². The summed E-state index contributed by atoms with van der Waals surface area (Å²) in [5.74, 6) is -1.39. The second-order valence-corrected chi connectivity index (χ2v) is 8.69. The van der Waals surface area contributed by atoms with Gasteiger partial charge in [-0.3, -0.25) is 4.79 Å². The van der Waals surface area contributed by atoms with E-state index in [2.05, 4.69) is 30.9 Å². The zero-order valence-corrected chi connectivity index (χ0v) is 20.7. The van der Waals surface area contributed by atoms with Crippen LogP contribution in [0.5, 0.6) is 0 Å². The number of aliphatic carboxylic acids is 1. The highest BCUT2D eigenvalue weighted by Crippen LogP contribution is 2.32. The number of ether oxygens (including phenoxy) is 2. The number of rotatable bonds is 10. The van der Waals surface area contributed by atoms with Gasteiger partial charge in [0.2, 0.25) is 5.95 Å². The molecule has 2 fully saturated rings. The van der Waals surface area contributed by atoms with Crippen LogP contribution in [0.3, 0.4) is 0 Å². The molecule has 3 heterocycles. The highest BCUT2D eigenvalue weighted by Gasteiger charge is 2.38. The van der Waals surface area contributed by atoms with Gasteiger partial charge >= 0.3 is 12.1 Å². The number of alkyl halides is 3. The van der Waals surface area contributed by atoms with Crippen molar-refractivity contribution in [3.8, 4) is 11.1 Å². The maximum atomic E-state index is 12.8. The van der Waals surface area contributed by atoms with Gasteiger partial charge in [-0.25, -0.2) is 14.8 Å². The minimum atomic E-state index is -5.08. The van der Waals surface area contributed by atoms with Crippen LogP contribution in [0.25, 0.3) is 11.1 Å². The van der Waals surface area contributed by atoms with Gasteiger partial charge in [-0.1, -0.05) is 0 Å². The Kier molecular flexibility index (Phi) is 10.3. The molecule has 2 aromatic heterocycles. The highest BCUT2D eigenvalue weighted by molar-refractivity contribution is 5.94. The third-order valence-electron chi connectivity index (χ3n) is 5.74. The van der Waals surface area contributed by atoms with Crippen molar-refractivity contribution in [1.29, 1.82) is 0 Å². The first-order chi connectivity index (χ1) is 17.7. The number of amides is 1. The molecule has 1 amide bonds. The summed E-state index contributed by atoms with van der Waals surface area (Å²) in [6.45, 7) is 7.87. The predicted octanol–water partition coefficient (Wildman–Crippen LogP) is 2.98. The van der Waals surface area contributed by atoms with Crippen molar-refractivity contribution >= 4 is 17.8 Å². The lowest BCUT2D eigenvalue weighted by atomic mass is 10.2. The number of morpholine rings is 1. The van der Waals surface area contributed by atoms with Gasteiger partial charge in [0.1, 0.15) is 5.69 Å². The quantitative estimate of drug-likeness (QED) is 0.453. The van der Waals surface area contributed by atoms with Gasteiger partial charge in [0.15, 0.2) is 0 Å². The normalized spacial score (nSPS) is 15.6. The first kappa shape index (κ1) is 28.4. The number of nitrogens with one attached hydrogen (secondary N) is 1. The number of nitrogens with zero attached hydrogens (tertiary/aromatic N) is 4. The SMILES string of the molecule is CCOCCCNC(=O)c1cc(-c2cnc(N3CCOCC3)nc2)cn1CC1CC1.O=C(O)C(F)(F)F. The summed E-state index contributed by atoms with van der Waals surface area (Å²) in [6, 6.07) is 1.95. The zero-order chi connectivity index (χ0) is 26.8. The number of anilines is 1. The molecule has 1 aliphatic carbocycles. The Balaban J connectivity index is 0.000000479. The first-order valence-electron chi connectivity index (χ1n) is 12.2. The Morgan fingerprint density at radius 2 is 1.84 bits per heavy atom. The van der Waals surface area contributed by atoms with Crippen molar-refractivity contribution in [3.05, 3.63) is 30.4 Å². The van der Waals surface area contributed by atoms with E-state index in [4.69, 9.17) is 19.4 Å². The fraction of sp³-hybridized carbons (Fsp3) is 0.583. The van der Waals surface area contributed by atoms with E-state index in [1.807, 2.05) is 25.4 Å². The third-order valence-corrected chi connectivity index (χ3v) is 5.74. The van der Waals surface area contributed by atoms with Crippen molar-refractivity contribution in [2.75, 3.05) is 51.0 Å². The Labute approximate surface area is 212 Å². The van der Waals surface area contributed by atoms with E-state index in [1.54, 1.807) is 0 Å². The molecule has 10 nitrogen and oxygen atoms in total. The largest absolute Gasteiger partial charge is 0.490 e. The smallest absolute Gasteiger partial charge is 0.475 e. The maximum Gasteiger partial charge on any atom is 0.490 e. The number of hydrogen-bond donors (Lipinski definition) is 2. The number of halogens is 3. The van der Waals surface area contributed by atoms with E-state index in [-0.39, 0.29) is 5.91 Å². The summed E-state index contributed by atoms with van der Waals surface area (Å²) in [5, 5.41) is 10.1. The topological polar surface area (TPSA) is 119 Å². The van der Waals surface area contributed by atoms with Crippen molar-refractivity contribution in [2.24, 2.45) is 5.92 Å². The average Bonchev–Trinajstić information content (AvgIpc) is 3.60. The molecule has 2 aromatic rings. The fourth-order valence-corrected chi connectivity index (χ4v) is 3.60. The minimum Gasteiger partial charge on any atom is -0.475 e. The molecule has 1 saturated carbocycles. The van der Waals surface area contributed by atoms with Gasteiger partial charge in [0.25, 0.3) is 5.91 Å². The Bertz CT molecular complexity index is 1020. The van der Waals surface area contributed by atoms with E-state index in [0.29, 0.717) is 44.6 Å². The van der Waals surface area contributed by atoms with Crippen LogP contribution in [0.2, 0.25) is 0 Å². The van der Waals surface area contributed by atoms with Crippen LogP contribution in [0.4, 0.5) is 19.1 Å². The molecule has 0 unspecified atom stereocenters. The monoisotopic (exact) mass is 527 g/mol. The van der Waals surface area contributed by atoms with Gasteiger partial charge in [-0.2, -0.15) is 13.2 Å². The summed E-state index contributed by atoms with van der Waals surface area (Å²) in [4.78, 5) is 32.9. The molecule has 4 rings (SSSR count). The van der Waals surface area contributed by atoms with Gasteiger partial charge < -0.3 is 29.4 Å². The molecule has 1 saturated heterocycles. The van der Waals surface area contributed by atoms with Crippen LogP contribution in [0, 0.1) is 5.92 Å². The minimum absolute atomic E-state index is 0.0377. The molecule has 0 bridgehead atoms. The molecule has 0 aromatic carbocycles. The van der Waals surface area contributed by atoms with E-state index in [1.165, 1.54) is 12.8 Å². The van der Waals surface area contributed by atoms with Gasteiger partial charge in [0, 0.05) is 69.1 Å². The van der Waals surface area contributed by atoms with Gasteiger partial charge in [-0.05, 0) is 38.2 Å². The number of carbonyl (C=O) groups is 2. The molecule has 0 atom stereocenters. The number of carboxylic acids is 1. The highest BCUT2D eigenvalue weighted by atomic mass is 19.4. The van der Waals surface area contributed by atoms with Crippen molar-refractivity contribution in [1.82, 2.24) is 19.9 Å². The molecule has 2 N–H and O–H groups in total. The molecular weight excluding hydrogens is 495 g/mol. The molecule has 1 aliphatic heterocycles. The molecule has 37 heavy (non-hydrogen) atoms. The van der Waals surface area contributed by atoms with E-state index < -0.39 is 12.1 Å². The van der Waals surface area contributed by atoms with Crippen LogP contribution in [-0.4, -0.2) is 83.8 Å². The van der Waals surface area contributed by atoms with Crippen LogP contribution in [-0.2, 0) is 20.8 Å². The lowest BCUT2D eigenvalue weighted by Gasteiger charge is -2.26. The van der Waals surface area contributed by atoms with Crippen molar-refractivity contribution in [3.63, 3.8) is 0 Å². The lowest BCUT2D eigenvalue weighted by molar-refractivity contribution is -0.192. The second kappa shape index (κ2) is 13.4. The third kappa shape index (κ3) is 9.01. The molecule has 2 aliphatic rings. The standard InChI is InChI=1S/C22H31N5O3.C2HF3O2/c1-2-29-9-3-6-23-21(28)20-12-18(16-27(20)15-17-4-5-17)19-13-24-22(25-14-19)26-7-10-30-11-8-26;3-2(4,5)1(6)7/h12-14,16-17H,2-11,15H2,1H3,(H,23,28);(H,6,7). The van der Waals surface area contributed by atoms with Gasteiger partial charge in [0.05, 0.1) is 13.2 Å². The summed E-state index contributed by atoms with van der Waals surface area (Å²) in [6.07, 6.45) is 3.95. The number of carboxylic acid groups (broad SMARTS) is 1. The fourth-order valence-electron chi connectivity index (χ4n) is 3.60. The lowest BCUT2D eigenvalue weighted by Crippen LogP contribution is -2.37. The van der Waals surface area contributed by atoms with E-state index in [0.717, 1.165) is 43.1 Å². The first-order valence-corrected chi connectivity index (χ1v) is 12.2. The predicted molar refractivity (Wildman–Crippen MR) is 128 cm³/mol. The van der Waals surface area contributed by atoms with Gasteiger partial charge in [-0.15, -0.1) is 0 Å². The number of carbonyl (C=O) groups excluding carboxylic acids is 1. The second-order valence-electron chi connectivity index (χ2n) is 8.69. The maximum absolute atomic E-state index is 12.8. The molecule has 0 spiro atoms. The number of hydrogen-bond acceptors (Lipinski definition) is 7. The zero-order valence-electron chi connectivity index (χ0n) is 20.7. The Morgan fingerprint density at radius 3 is 2.41 bits per heavy atom. The summed E-state index contributed by atoms with van der Waals surface area (Å²) in [7, 11) is 0. The average molecular weight is 528 g/mol. The van der Waals surface area contributed by atoms with E-state index in [9.17, 15) is 18.0 Å². The van der Waals surface area contributed by atoms with Crippen LogP contribution in [0.1, 0.15) is 36.7 Å². The molecule has 204 valence electrons. The van der Waals surface area contributed by atoms with Crippen molar-refractivity contribution in [2.45, 2.75) is 38.9 Å². The summed E-state index contributed by atoms with van der Waals surface area (Å²) >= 11 is 0. The van der Waals surface area contributed by atoms with Crippen LogP contribution in [0.15, 0.2) is 24.7 Å². The Hall–Kier alpha value is -3.19. The van der Waals surface area contributed by atoms with Crippen LogP contribution >= 0.6 is 0 Å². The molecular formula is C24H32F3N5O5. The molecule has 13 heteroatoms. The van der Waals surface area contributed by atoms with Crippen LogP contribution < -0.4 is 10.2 Å². The Morgan fingerprint density at radius 1 is 1.19 bits per heavy atom. The van der Waals surface area contributed by atoms with E-state index >= 15 is 0 Å². The molecule has 0 radical (unpaired) electrons. The summed E-state index contributed by atoms with van der Waals surface area (Å²) < 4.78 is 44.6. The summed E-state index contributed by atoms with van der Waals surface area (Å²) in [5.41, 5.74) is 2.60.